The Labute approximate surface area is 199 Å². The van der Waals surface area contributed by atoms with E-state index in [1.807, 2.05) is 17.2 Å². The molecule has 2 aliphatic heterocycles. The number of carbonyl (C=O) groups excluding carboxylic acids is 4. The standard InChI is InChI=1S/C21H39N7O4S/c22-14(20(31)28-23)7-3-5-11-24-18(30)10-4-6-12-25-17(29)9-2-1-8-16-19-15(13-33-16)26-21(32)27-19/h14-16,19H,1-13,22-23H2,(H,24,30)(H,25,29)(H,28,31)(H2,26,27,32)/t14?,15-,16?,19-/m0/s1. The highest BCUT2D eigenvalue weighted by Crippen LogP contribution is 2.33. The second kappa shape index (κ2) is 15.0. The first kappa shape index (κ1) is 27.2. The lowest BCUT2D eigenvalue weighted by Crippen LogP contribution is -2.43. The topological polar surface area (TPSA) is 180 Å². The van der Waals surface area contributed by atoms with Crippen LogP contribution in [0.3, 0.4) is 0 Å². The smallest absolute Gasteiger partial charge is 0.315 e. The molecule has 11 nitrogen and oxygen atoms in total. The quantitative estimate of drug-likeness (QED) is 0.0510. The summed E-state index contributed by atoms with van der Waals surface area (Å²) in [5.74, 6) is 5.63. The maximum atomic E-state index is 12.0. The maximum Gasteiger partial charge on any atom is 0.315 e. The van der Waals surface area contributed by atoms with Gasteiger partial charge in [-0.2, -0.15) is 11.8 Å². The molecule has 0 aromatic rings. The van der Waals surface area contributed by atoms with Crippen LogP contribution in [0.1, 0.15) is 64.2 Å². The molecule has 5 amide bonds. The summed E-state index contributed by atoms with van der Waals surface area (Å²) >= 11 is 1.89. The van der Waals surface area contributed by atoms with Gasteiger partial charge in [-0.25, -0.2) is 10.6 Å². The predicted octanol–water partition coefficient (Wildman–Crippen LogP) is -0.398. The van der Waals surface area contributed by atoms with E-state index in [9.17, 15) is 19.2 Å². The lowest BCUT2D eigenvalue weighted by molar-refractivity contribution is -0.123. The number of thioether (sulfide) groups is 1. The van der Waals surface area contributed by atoms with Crippen LogP contribution >= 0.6 is 11.8 Å². The fraction of sp³-hybridized carbons (Fsp3) is 0.810. The molecule has 0 aromatic carbocycles. The summed E-state index contributed by atoms with van der Waals surface area (Å²) in [5, 5.41) is 12.1. The van der Waals surface area contributed by atoms with E-state index >= 15 is 0 Å². The lowest BCUT2D eigenvalue weighted by Gasteiger charge is -2.16. The summed E-state index contributed by atoms with van der Waals surface area (Å²) in [6.45, 7) is 1.13. The van der Waals surface area contributed by atoms with E-state index in [1.165, 1.54) is 0 Å². The van der Waals surface area contributed by atoms with Gasteiger partial charge < -0.3 is 27.0 Å². The van der Waals surface area contributed by atoms with Crippen molar-refractivity contribution in [2.24, 2.45) is 11.6 Å². The molecule has 2 heterocycles. The fourth-order valence-corrected chi connectivity index (χ4v) is 5.59. The molecule has 4 atom stereocenters. The predicted molar refractivity (Wildman–Crippen MR) is 128 cm³/mol. The number of hydrogen-bond donors (Lipinski definition) is 7. The van der Waals surface area contributed by atoms with E-state index in [0.717, 1.165) is 50.7 Å². The number of nitrogens with two attached hydrogens (primary N) is 2. The van der Waals surface area contributed by atoms with Gasteiger partial charge in [0.05, 0.1) is 18.1 Å². The van der Waals surface area contributed by atoms with Gasteiger partial charge in [0.2, 0.25) is 11.8 Å². The van der Waals surface area contributed by atoms with Gasteiger partial charge in [-0.1, -0.05) is 6.42 Å². The largest absolute Gasteiger partial charge is 0.356 e. The number of fused-ring (bicyclic) bond motifs is 1. The summed E-state index contributed by atoms with van der Waals surface area (Å²) in [4.78, 5) is 46.4. The van der Waals surface area contributed by atoms with Gasteiger partial charge in [0, 0.05) is 36.9 Å². The van der Waals surface area contributed by atoms with Crippen molar-refractivity contribution in [2.75, 3.05) is 18.8 Å². The third kappa shape index (κ3) is 10.2. The van der Waals surface area contributed by atoms with Crippen LogP contribution in [0, 0.1) is 0 Å². The second-order valence-corrected chi connectivity index (χ2v) is 9.91. The molecule has 2 fully saturated rings. The number of unbranched alkanes of at least 4 members (excludes halogenated alkanes) is 3. The van der Waals surface area contributed by atoms with Crippen LogP contribution in [0.15, 0.2) is 0 Å². The molecule has 2 aliphatic rings. The number of hydrazine groups is 1. The summed E-state index contributed by atoms with van der Waals surface area (Å²) in [5.41, 5.74) is 7.66. The van der Waals surface area contributed by atoms with Crippen LogP contribution in [0.4, 0.5) is 4.79 Å². The van der Waals surface area contributed by atoms with Crippen LogP contribution in [0.5, 0.6) is 0 Å². The summed E-state index contributed by atoms with van der Waals surface area (Å²) in [6, 6.07) is -0.221. The maximum absolute atomic E-state index is 12.0. The summed E-state index contributed by atoms with van der Waals surface area (Å²) in [7, 11) is 0. The van der Waals surface area contributed by atoms with Gasteiger partial charge >= 0.3 is 6.03 Å². The molecule has 0 aromatic heterocycles. The molecule has 0 bridgehead atoms. The number of rotatable bonds is 16. The van der Waals surface area contributed by atoms with Crippen molar-refractivity contribution in [1.82, 2.24) is 26.7 Å². The molecule has 0 saturated carbocycles. The molecule has 2 saturated heterocycles. The molecule has 9 N–H and O–H groups in total. The monoisotopic (exact) mass is 485 g/mol. The van der Waals surface area contributed by atoms with Crippen LogP contribution in [0.2, 0.25) is 0 Å². The van der Waals surface area contributed by atoms with Gasteiger partial charge in [0.15, 0.2) is 0 Å². The molecule has 188 valence electrons. The molecule has 0 aliphatic carbocycles. The van der Waals surface area contributed by atoms with Crippen molar-refractivity contribution in [3.63, 3.8) is 0 Å². The van der Waals surface area contributed by atoms with Crippen molar-refractivity contribution in [2.45, 2.75) is 87.6 Å². The van der Waals surface area contributed by atoms with E-state index in [2.05, 4.69) is 21.3 Å². The van der Waals surface area contributed by atoms with Crippen LogP contribution in [-0.4, -0.2) is 66.0 Å². The summed E-state index contributed by atoms with van der Waals surface area (Å²) < 4.78 is 0. The highest BCUT2D eigenvalue weighted by Gasteiger charge is 2.42. The third-order valence-corrected chi connectivity index (χ3v) is 7.49. The molecule has 2 rings (SSSR count). The Kier molecular flexibility index (Phi) is 12.3. The number of hydrogen-bond acceptors (Lipinski definition) is 7. The Bertz CT molecular complexity index is 667. The van der Waals surface area contributed by atoms with Gasteiger partial charge in [-0.15, -0.1) is 0 Å². The number of carbonyl (C=O) groups is 4. The molecular weight excluding hydrogens is 446 g/mol. The average Bonchev–Trinajstić information content (AvgIpc) is 3.34. The first-order valence-electron chi connectivity index (χ1n) is 11.9. The normalized spacial score (nSPS) is 22.1. The number of urea groups is 1. The van der Waals surface area contributed by atoms with E-state index in [1.54, 1.807) is 0 Å². The highest BCUT2D eigenvalue weighted by molar-refractivity contribution is 8.00. The van der Waals surface area contributed by atoms with Gasteiger partial charge in [0.1, 0.15) is 0 Å². The first-order chi connectivity index (χ1) is 15.9. The minimum Gasteiger partial charge on any atom is -0.356 e. The van der Waals surface area contributed by atoms with Crippen molar-refractivity contribution >= 4 is 35.5 Å². The Morgan fingerprint density at radius 3 is 2.27 bits per heavy atom. The van der Waals surface area contributed by atoms with Crippen LogP contribution in [-0.2, 0) is 14.4 Å². The van der Waals surface area contributed by atoms with E-state index in [0.29, 0.717) is 37.6 Å². The van der Waals surface area contributed by atoms with E-state index < -0.39 is 6.04 Å². The van der Waals surface area contributed by atoms with Crippen molar-refractivity contribution in [3.05, 3.63) is 0 Å². The molecule has 0 radical (unpaired) electrons. The average molecular weight is 486 g/mol. The zero-order valence-corrected chi connectivity index (χ0v) is 20.0. The second-order valence-electron chi connectivity index (χ2n) is 8.64. The lowest BCUT2D eigenvalue weighted by atomic mass is 10.0. The van der Waals surface area contributed by atoms with Gasteiger partial charge in [0.25, 0.3) is 5.91 Å². The van der Waals surface area contributed by atoms with Crippen molar-refractivity contribution < 1.29 is 19.2 Å². The van der Waals surface area contributed by atoms with Crippen molar-refractivity contribution in [3.8, 4) is 0 Å². The zero-order valence-electron chi connectivity index (χ0n) is 19.2. The Hall–Kier alpha value is -2.05. The van der Waals surface area contributed by atoms with Crippen molar-refractivity contribution in [1.29, 1.82) is 0 Å². The van der Waals surface area contributed by atoms with Crippen LogP contribution in [0.25, 0.3) is 0 Å². The number of nitrogens with one attached hydrogen (secondary N) is 5. The fourth-order valence-electron chi connectivity index (χ4n) is 4.04. The third-order valence-electron chi connectivity index (χ3n) is 5.98. The first-order valence-corrected chi connectivity index (χ1v) is 12.9. The Morgan fingerprint density at radius 2 is 1.61 bits per heavy atom. The molecular formula is C21H39N7O4S. The Balaban J connectivity index is 1.37. The minimum absolute atomic E-state index is 0.00833. The molecule has 2 unspecified atom stereocenters. The Morgan fingerprint density at radius 1 is 0.970 bits per heavy atom. The SMILES string of the molecule is NNC(=O)C(N)CCCCNC(=O)CCCCNC(=O)CCCCC1SC[C@@H]2NC(=O)N[C@H]12. The van der Waals surface area contributed by atoms with E-state index in [-0.39, 0.29) is 35.8 Å². The molecule has 12 heteroatoms. The highest BCUT2D eigenvalue weighted by atomic mass is 32.2. The minimum atomic E-state index is -0.617. The molecule has 33 heavy (non-hydrogen) atoms. The van der Waals surface area contributed by atoms with Gasteiger partial charge in [-0.05, 0) is 44.9 Å². The zero-order chi connectivity index (χ0) is 24.1. The van der Waals surface area contributed by atoms with E-state index in [4.69, 9.17) is 11.6 Å². The van der Waals surface area contributed by atoms with Gasteiger partial charge in [-0.3, -0.25) is 19.8 Å². The summed E-state index contributed by atoms with van der Waals surface area (Å²) in [6.07, 6.45) is 7.23. The van der Waals surface area contributed by atoms with Crippen LogP contribution < -0.4 is 38.3 Å². The molecule has 0 spiro atoms. The number of amides is 5.